The van der Waals surface area contributed by atoms with Crippen LogP contribution in [0.3, 0.4) is 0 Å². The second-order valence-corrected chi connectivity index (χ2v) is 10.0. The van der Waals surface area contributed by atoms with Crippen LogP contribution in [0.5, 0.6) is 0 Å². The number of aliphatic hydroxyl groups is 1. The molecule has 8 heteroatoms. The summed E-state index contributed by atoms with van der Waals surface area (Å²) in [5.74, 6) is 0.842. The summed E-state index contributed by atoms with van der Waals surface area (Å²) >= 11 is 0. The summed E-state index contributed by atoms with van der Waals surface area (Å²) in [5.41, 5.74) is 1.17. The molecule has 34 heavy (non-hydrogen) atoms. The highest BCUT2D eigenvalue weighted by atomic mass is 19.1. The first kappa shape index (κ1) is 24.2. The monoisotopic (exact) mass is 469 g/mol. The molecule has 0 radical (unpaired) electrons. The summed E-state index contributed by atoms with van der Waals surface area (Å²) in [7, 11) is 0. The second kappa shape index (κ2) is 8.36. The van der Waals surface area contributed by atoms with Gasteiger partial charge >= 0.3 is 0 Å². The minimum absolute atomic E-state index is 0.00362. The van der Waals surface area contributed by atoms with Crippen molar-refractivity contribution in [3.05, 3.63) is 72.2 Å². The third-order valence-electron chi connectivity index (χ3n) is 7.29. The Morgan fingerprint density at radius 3 is 2.32 bits per heavy atom. The van der Waals surface area contributed by atoms with Crippen molar-refractivity contribution in [1.82, 2.24) is 5.32 Å². The van der Waals surface area contributed by atoms with Crippen molar-refractivity contribution < 1.29 is 13.9 Å². The van der Waals surface area contributed by atoms with E-state index in [0.717, 1.165) is 23.3 Å². The Hall–Kier alpha value is -2.97. The van der Waals surface area contributed by atoms with E-state index in [2.05, 4.69) is 16.0 Å². The third kappa shape index (κ3) is 3.75. The van der Waals surface area contributed by atoms with E-state index in [-0.39, 0.29) is 28.5 Å². The second-order valence-electron chi connectivity index (χ2n) is 10.0. The average Bonchev–Trinajstić information content (AvgIpc) is 3.26. The number of rotatable bonds is 7. The van der Waals surface area contributed by atoms with Crippen LogP contribution in [0.2, 0.25) is 0 Å². The van der Waals surface area contributed by atoms with Crippen molar-refractivity contribution in [3.63, 3.8) is 0 Å². The zero-order chi connectivity index (χ0) is 25.1. The zero-order valence-electron chi connectivity index (χ0n) is 20.6. The minimum atomic E-state index is -1.09. The maximum atomic E-state index is 15.0. The Morgan fingerprint density at radius 1 is 1.09 bits per heavy atom. The molecule has 0 fully saturated rings. The number of aryl methyl sites for hydroxylation is 3. The fourth-order valence-electron chi connectivity index (χ4n) is 4.72. The van der Waals surface area contributed by atoms with E-state index in [1.807, 2.05) is 47.6 Å². The highest BCUT2D eigenvalue weighted by molar-refractivity contribution is 5.81. The fourth-order valence-corrected chi connectivity index (χ4v) is 4.72. The van der Waals surface area contributed by atoms with Crippen molar-refractivity contribution in [2.24, 2.45) is 5.41 Å². The quantitative estimate of drug-likeness (QED) is 0.364. The van der Waals surface area contributed by atoms with Crippen LogP contribution in [-0.2, 0) is 0 Å². The first-order valence-corrected chi connectivity index (χ1v) is 11.6. The van der Waals surface area contributed by atoms with Crippen molar-refractivity contribution in [2.45, 2.75) is 73.2 Å². The van der Waals surface area contributed by atoms with Crippen LogP contribution >= 0.6 is 0 Å². The van der Waals surface area contributed by atoms with Crippen LogP contribution in [0.4, 0.5) is 21.5 Å². The van der Waals surface area contributed by atoms with Gasteiger partial charge in [-0.2, -0.15) is 0 Å². The van der Waals surface area contributed by atoms with E-state index in [0.29, 0.717) is 16.9 Å². The summed E-state index contributed by atoms with van der Waals surface area (Å²) in [6, 6.07) is 2.72. The molecule has 1 aliphatic rings. The molecule has 0 saturated heterocycles. The van der Waals surface area contributed by atoms with Gasteiger partial charge in [0.1, 0.15) is 34.9 Å². The van der Waals surface area contributed by atoms with E-state index in [4.69, 9.17) is 4.42 Å². The lowest BCUT2D eigenvalue weighted by atomic mass is 9.80. The smallest absolute Gasteiger partial charge is 0.253 e. The molecule has 0 bridgehead atoms. The van der Waals surface area contributed by atoms with Gasteiger partial charge in [0.05, 0.1) is 11.7 Å². The van der Waals surface area contributed by atoms with Crippen molar-refractivity contribution in [1.29, 1.82) is 0 Å². The predicted molar refractivity (Wildman–Crippen MR) is 131 cm³/mol. The maximum Gasteiger partial charge on any atom is 0.253 e. The molecular formula is C26H32FN3O4. The topological polar surface area (TPSA) is 104 Å². The lowest BCUT2D eigenvalue weighted by molar-refractivity contribution is 0.144. The van der Waals surface area contributed by atoms with Gasteiger partial charge in [0.2, 0.25) is 0 Å². The molecule has 2 heterocycles. The third-order valence-corrected chi connectivity index (χ3v) is 7.29. The number of aliphatic hydroxyl groups excluding tert-OH is 1. The molecule has 0 spiro atoms. The van der Waals surface area contributed by atoms with Crippen LogP contribution in [0.1, 0.15) is 86.2 Å². The Morgan fingerprint density at radius 2 is 1.74 bits per heavy atom. The molecule has 0 amide bonds. The van der Waals surface area contributed by atoms with Crippen LogP contribution in [0, 0.1) is 32.0 Å². The van der Waals surface area contributed by atoms with Crippen LogP contribution in [0.15, 0.2) is 26.1 Å². The van der Waals surface area contributed by atoms with Gasteiger partial charge in [-0.25, -0.2) is 4.39 Å². The van der Waals surface area contributed by atoms with Gasteiger partial charge < -0.3 is 20.2 Å². The van der Waals surface area contributed by atoms with E-state index in [9.17, 15) is 14.7 Å². The number of hydrogen-bond acceptors (Lipinski definition) is 7. The zero-order valence-corrected chi connectivity index (χ0v) is 20.6. The first-order valence-electron chi connectivity index (χ1n) is 11.6. The summed E-state index contributed by atoms with van der Waals surface area (Å²) in [4.78, 5) is 25.2. The molecule has 7 nitrogen and oxygen atoms in total. The van der Waals surface area contributed by atoms with Gasteiger partial charge in [-0.15, -0.1) is 0 Å². The van der Waals surface area contributed by atoms with Gasteiger partial charge in [-0.3, -0.25) is 14.9 Å². The Labute approximate surface area is 198 Å². The molecule has 3 atom stereocenters. The molecule has 1 aromatic heterocycles. The Bertz CT molecular complexity index is 1310. The normalized spacial score (nSPS) is 18.9. The van der Waals surface area contributed by atoms with Gasteiger partial charge in [0.15, 0.2) is 0 Å². The van der Waals surface area contributed by atoms with E-state index in [1.54, 1.807) is 6.92 Å². The largest absolute Gasteiger partial charge is 0.464 e. The van der Waals surface area contributed by atoms with Crippen molar-refractivity contribution >= 4 is 17.1 Å². The summed E-state index contributed by atoms with van der Waals surface area (Å²) < 4.78 is 21.0. The van der Waals surface area contributed by atoms with Gasteiger partial charge in [0, 0.05) is 11.6 Å². The van der Waals surface area contributed by atoms with E-state index >= 15 is 4.39 Å². The highest BCUT2D eigenvalue weighted by Gasteiger charge is 2.37. The number of hydrogen-bond donors (Lipinski definition) is 4. The predicted octanol–water partition coefficient (Wildman–Crippen LogP) is 4.93. The van der Waals surface area contributed by atoms with Crippen molar-refractivity contribution in [3.8, 4) is 0 Å². The number of halogens is 1. The fraction of sp³-hybridized carbons (Fsp3) is 0.462. The number of fused-ring (bicyclic) bond motifs is 1. The highest BCUT2D eigenvalue weighted by Crippen LogP contribution is 2.43. The number of anilines is 3. The molecule has 3 aromatic rings. The Balaban J connectivity index is 1.76. The lowest BCUT2D eigenvalue weighted by Crippen LogP contribution is -2.40. The summed E-state index contributed by atoms with van der Waals surface area (Å²) in [6.45, 7) is 13.6. The van der Waals surface area contributed by atoms with Crippen LogP contribution in [-0.4, -0.2) is 5.11 Å². The lowest BCUT2D eigenvalue weighted by Gasteiger charge is -2.34. The van der Waals surface area contributed by atoms with Crippen LogP contribution in [0.25, 0.3) is 0 Å². The van der Waals surface area contributed by atoms with Gasteiger partial charge in [-0.05, 0) is 68.4 Å². The SMILES string of the molecule is CCC(C)(C)[C@H](Nc1c(Nc2c(F)cc(C)c3c2C(O)NC3C)c(=O)c1=O)c1cc(C)c(C)o1. The van der Waals surface area contributed by atoms with Gasteiger partial charge in [0.25, 0.3) is 10.9 Å². The first-order chi connectivity index (χ1) is 15.9. The number of nitrogens with one attached hydrogen (secondary N) is 3. The van der Waals surface area contributed by atoms with Gasteiger partial charge in [-0.1, -0.05) is 20.8 Å². The summed E-state index contributed by atoms with van der Waals surface area (Å²) in [6.07, 6.45) is -0.317. The standard InChI is InChI=1S/C26H32FN3O4/c1-8-26(6,7)24(16-10-11(2)14(5)34-16)30-21-20(22(31)23(21)32)29-19-15(27)9-12(3)17-13(4)28-25(33)18(17)19/h9-10,13,24-25,28-30,33H,8H2,1-7H3/t13?,24-,25?/m1/s1. The number of furan rings is 1. The van der Waals surface area contributed by atoms with Crippen molar-refractivity contribution in [2.75, 3.05) is 10.6 Å². The molecule has 2 unspecified atom stereocenters. The molecule has 182 valence electrons. The van der Waals surface area contributed by atoms with E-state index < -0.39 is 28.9 Å². The molecule has 0 aliphatic carbocycles. The molecule has 2 aromatic carbocycles. The maximum absolute atomic E-state index is 15.0. The average molecular weight is 470 g/mol. The van der Waals surface area contributed by atoms with E-state index in [1.165, 1.54) is 6.07 Å². The molecule has 4 rings (SSSR count). The molecular weight excluding hydrogens is 437 g/mol. The molecule has 4 N–H and O–H groups in total. The number of benzene rings is 1. The summed E-state index contributed by atoms with van der Waals surface area (Å²) in [5, 5.41) is 19.6. The minimum Gasteiger partial charge on any atom is -0.464 e. The molecule has 0 saturated carbocycles. The Kier molecular flexibility index (Phi) is 5.94. The van der Waals surface area contributed by atoms with Crippen LogP contribution < -0.4 is 26.8 Å². The molecule has 1 aliphatic heterocycles.